The molecule has 0 radical (unpaired) electrons. The molecule has 0 atom stereocenters. The molecule has 0 spiro atoms. The summed E-state index contributed by atoms with van der Waals surface area (Å²) in [5.74, 6) is 0.647. The fraction of sp³-hybridized carbons (Fsp3) is 0.533. The van der Waals surface area contributed by atoms with Gasteiger partial charge in [-0.15, -0.1) is 11.6 Å². The van der Waals surface area contributed by atoms with Gasteiger partial charge in [0.25, 0.3) is 0 Å². The number of alkyl halides is 1. The van der Waals surface area contributed by atoms with Gasteiger partial charge in [0.2, 0.25) is 5.91 Å². The van der Waals surface area contributed by atoms with Crippen molar-refractivity contribution < 1.29 is 4.79 Å². The van der Waals surface area contributed by atoms with Crippen LogP contribution in [0.2, 0.25) is 0 Å². The molecular formula is C15H21BrClNO. The minimum absolute atomic E-state index is 0.160. The molecule has 1 amide bonds. The summed E-state index contributed by atoms with van der Waals surface area (Å²) in [7, 11) is 0. The van der Waals surface area contributed by atoms with Gasteiger partial charge in [0, 0.05) is 22.9 Å². The lowest BCUT2D eigenvalue weighted by atomic mass is 10.1. The van der Waals surface area contributed by atoms with Gasteiger partial charge in [0.15, 0.2) is 0 Å². The third-order valence-corrected chi connectivity index (χ3v) is 3.94. The van der Waals surface area contributed by atoms with E-state index in [1.54, 1.807) is 0 Å². The Balaban J connectivity index is 2.76. The molecule has 2 nitrogen and oxygen atoms in total. The van der Waals surface area contributed by atoms with Crippen LogP contribution in [0.4, 0.5) is 0 Å². The molecule has 0 fully saturated rings. The maximum Gasteiger partial charge on any atom is 0.227 e. The first kappa shape index (κ1) is 16.5. The van der Waals surface area contributed by atoms with Gasteiger partial charge >= 0.3 is 0 Å². The second-order valence-electron chi connectivity index (χ2n) is 4.55. The van der Waals surface area contributed by atoms with E-state index in [1.165, 1.54) is 0 Å². The van der Waals surface area contributed by atoms with E-state index in [0.717, 1.165) is 22.9 Å². The summed E-state index contributed by atoms with van der Waals surface area (Å²) >= 11 is 9.26. The first-order valence-electron chi connectivity index (χ1n) is 6.72. The molecule has 0 aliphatic heterocycles. The van der Waals surface area contributed by atoms with Gasteiger partial charge in [0.1, 0.15) is 0 Å². The second kappa shape index (κ2) is 8.60. The summed E-state index contributed by atoms with van der Waals surface area (Å²) in [5.41, 5.74) is 1.03. The van der Waals surface area contributed by atoms with Crippen molar-refractivity contribution in [2.45, 2.75) is 39.2 Å². The molecule has 0 saturated heterocycles. The molecule has 0 bridgehead atoms. The summed E-state index contributed by atoms with van der Waals surface area (Å²) in [5, 5.41) is 0. The minimum atomic E-state index is 0.160. The van der Waals surface area contributed by atoms with Crippen LogP contribution < -0.4 is 0 Å². The van der Waals surface area contributed by atoms with Gasteiger partial charge in [-0.2, -0.15) is 0 Å². The van der Waals surface area contributed by atoms with Crippen LogP contribution >= 0.6 is 27.5 Å². The molecule has 0 N–H and O–H groups in total. The number of carbonyl (C=O) groups excluding carboxylic acids is 1. The average Bonchev–Trinajstić information content (AvgIpc) is 2.39. The van der Waals surface area contributed by atoms with Gasteiger partial charge in [-0.1, -0.05) is 41.9 Å². The Labute approximate surface area is 129 Å². The van der Waals surface area contributed by atoms with Crippen LogP contribution in [0.5, 0.6) is 0 Å². The molecule has 0 aliphatic carbocycles. The number of carbonyl (C=O) groups is 1. The van der Waals surface area contributed by atoms with E-state index in [2.05, 4.69) is 29.8 Å². The van der Waals surface area contributed by atoms with Gasteiger partial charge in [-0.25, -0.2) is 0 Å². The second-order valence-corrected chi connectivity index (χ2v) is 5.85. The molecular weight excluding hydrogens is 326 g/mol. The van der Waals surface area contributed by atoms with Gasteiger partial charge < -0.3 is 4.90 Å². The van der Waals surface area contributed by atoms with Crippen molar-refractivity contribution in [3.63, 3.8) is 0 Å². The minimum Gasteiger partial charge on any atom is -0.338 e. The molecule has 0 unspecified atom stereocenters. The Hall–Kier alpha value is -0.540. The topological polar surface area (TPSA) is 20.3 Å². The summed E-state index contributed by atoms with van der Waals surface area (Å²) in [6.45, 7) is 4.85. The highest BCUT2D eigenvalue weighted by Crippen LogP contribution is 2.15. The predicted molar refractivity (Wildman–Crippen MR) is 84.6 cm³/mol. The summed E-state index contributed by atoms with van der Waals surface area (Å²) in [6.07, 6.45) is 2.38. The standard InChI is InChI=1S/C15H21BrClNO/c1-3-14(4-2)18(9-8-17)15(19)11-12-6-5-7-13(16)10-12/h5-7,10,14H,3-4,8-9,11H2,1-2H3. The van der Waals surface area contributed by atoms with Crippen molar-refractivity contribution >= 4 is 33.4 Å². The maximum atomic E-state index is 12.4. The van der Waals surface area contributed by atoms with Crippen molar-refractivity contribution in [2.75, 3.05) is 12.4 Å². The van der Waals surface area contributed by atoms with E-state index in [1.807, 2.05) is 29.2 Å². The van der Waals surface area contributed by atoms with E-state index in [9.17, 15) is 4.79 Å². The zero-order chi connectivity index (χ0) is 14.3. The number of benzene rings is 1. The smallest absolute Gasteiger partial charge is 0.227 e. The molecule has 106 valence electrons. The third kappa shape index (κ3) is 5.15. The number of amides is 1. The van der Waals surface area contributed by atoms with Crippen molar-refractivity contribution in [3.05, 3.63) is 34.3 Å². The maximum absolute atomic E-state index is 12.4. The van der Waals surface area contributed by atoms with E-state index >= 15 is 0 Å². The number of halogens is 2. The lowest BCUT2D eigenvalue weighted by molar-refractivity contribution is -0.132. The quantitative estimate of drug-likeness (QED) is 0.676. The Morgan fingerprint density at radius 3 is 2.58 bits per heavy atom. The summed E-state index contributed by atoms with van der Waals surface area (Å²) < 4.78 is 1.00. The zero-order valence-electron chi connectivity index (χ0n) is 11.5. The number of hydrogen-bond acceptors (Lipinski definition) is 1. The Kier molecular flexibility index (Phi) is 7.47. The van der Waals surface area contributed by atoms with Crippen LogP contribution in [0.1, 0.15) is 32.3 Å². The summed E-state index contributed by atoms with van der Waals surface area (Å²) in [6, 6.07) is 8.18. The Bertz CT molecular complexity index is 407. The van der Waals surface area contributed by atoms with Crippen molar-refractivity contribution in [1.82, 2.24) is 4.90 Å². The largest absolute Gasteiger partial charge is 0.338 e. The van der Waals surface area contributed by atoms with Crippen LogP contribution in [0.25, 0.3) is 0 Å². The van der Waals surface area contributed by atoms with Crippen LogP contribution in [0.3, 0.4) is 0 Å². The molecule has 0 aliphatic rings. The SMILES string of the molecule is CCC(CC)N(CCCl)C(=O)Cc1cccc(Br)c1. The van der Waals surface area contributed by atoms with Crippen LogP contribution in [-0.2, 0) is 11.2 Å². The predicted octanol–water partition coefficient (Wildman–Crippen LogP) is 4.25. The van der Waals surface area contributed by atoms with Crippen LogP contribution in [-0.4, -0.2) is 29.3 Å². The monoisotopic (exact) mass is 345 g/mol. The number of hydrogen-bond donors (Lipinski definition) is 0. The third-order valence-electron chi connectivity index (χ3n) is 3.27. The lowest BCUT2D eigenvalue weighted by Gasteiger charge is -2.30. The van der Waals surface area contributed by atoms with Crippen molar-refractivity contribution in [3.8, 4) is 0 Å². The van der Waals surface area contributed by atoms with E-state index in [0.29, 0.717) is 24.9 Å². The van der Waals surface area contributed by atoms with Crippen molar-refractivity contribution in [2.24, 2.45) is 0 Å². The van der Waals surface area contributed by atoms with E-state index in [4.69, 9.17) is 11.6 Å². The Morgan fingerprint density at radius 2 is 2.05 bits per heavy atom. The van der Waals surface area contributed by atoms with Gasteiger partial charge in [-0.3, -0.25) is 4.79 Å². The highest BCUT2D eigenvalue weighted by Gasteiger charge is 2.20. The van der Waals surface area contributed by atoms with Crippen LogP contribution in [0.15, 0.2) is 28.7 Å². The molecule has 0 heterocycles. The van der Waals surface area contributed by atoms with E-state index in [-0.39, 0.29) is 5.91 Å². The Morgan fingerprint density at radius 1 is 1.37 bits per heavy atom. The molecule has 1 aromatic carbocycles. The molecule has 4 heteroatoms. The molecule has 1 aromatic rings. The highest BCUT2D eigenvalue weighted by atomic mass is 79.9. The fourth-order valence-corrected chi connectivity index (χ4v) is 2.88. The van der Waals surface area contributed by atoms with Crippen molar-refractivity contribution in [1.29, 1.82) is 0 Å². The highest BCUT2D eigenvalue weighted by molar-refractivity contribution is 9.10. The zero-order valence-corrected chi connectivity index (χ0v) is 13.9. The van der Waals surface area contributed by atoms with Crippen LogP contribution in [0, 0.1) is 0 Å². The number of rotatable bonds is 7. The lowest BCUT2D eigenvalue weighted by Crippen LogP contribution is -2.41. The normalized spacial score (nSPS) is 10.8. The van der Waals surface area contributed by atoms with Gasteiger partial charge in [-0.05, 0) is 30.5 Å². The first-order chi connectivity index (χ1) is 9.12. The molecule has 1 rings (SSSR count). The summed E-state index contributed by atoms with van der Waals surface area (Å²) in [4.78, 5) is 14.3. The van der Waals surface area contributed by atoms with E-state index < -0.39 is 0 Å². The first-order valence-corrected chi connectivity index (χ1v) is 8.05. The molecule has 0 aromatic heterocycles. The van der Waals surface area contributed by atoms with Gasteiger partial charge in [0.05, 0.1) is 6.42 Å². The number of nitrogens with zero attached hydrogens (tertiary/aromatic N) is 1. The molecule has 19 heavy (non-hydrogen) atoms. The fourth-order valence-electron chi connectivity index (χ4n) is 2.25. The molecule has 0 saturated carbocycles. The average molecular weight is 347 g/mol.